The highest BCUT2D eigenvalue weighted by molar-refractivity contribution is 5.84. The summed E-state index contributed by atoms with van der Waals surface area (Å²) in [6.07, 6.45) is -1.61. The van der Waals surface area contributed by atoms with E-state index in [2.05, 4.69) is 4.98 Å². The van der Waals surface area contributed by atoms with E-state index in [4.69, 9.17) is 14.3 Å². The van der Waals surface area contributed by atoms with Gasteiger partial charge in [0.2, 0.25) is 0 Å². The first-order valence-corrected chi connectivity index (χ1v) is 4.48. The standard InChI is InChI=1S/C10H9NO5/c1-15-10-11-6-4-2-3-5(8(6)16-10)7(12)9(13)14/h2-4,7,12H,1H3,(H,13,14). The van der Waals surface area contributed by atoms with Crippen molar-refractivity contribution in [2.45, 2.75) is 6.10 Å². The Labute approximate surface area is 90.1 Å². The van der Waals surface area contributed by atoms with Crippen LogP contribution in [0.15, 0.2) is 22.6 Å². The number of para-hydroxylation sites is 1. The monoisotopic (exact) mass is 223 g/mol. The number of benzene rings is 1. The van der Waals surface area contributed by atoms with Crippen molar-refractivity contribution >= 4 is 17.1 Å². The SMILES string of the molecule is COc1nc2cccc(C(O)C(=O)O)c2o1. The molecule has 0 saturated heterocycles. The van der Waals surface area contributed by atoms with Crippen molar-refractivity contribution in [2.75, 3.05) is 7.11 Å². The van der Waals surface area contributed by atoms with Crippen LogP contribution in [0.25, 0.3) is 11.1 Å². The predicted molar refractivity (Wildman–Crippen MR) is 53.2 cm³/mol. The van der Waals surface area contributed by atoms with Crippen molar-refractivity contribution in [1.29, 1.82) is 0 Å². The highest BCUT2D eigenvalue weighted by Gasteiger charge is 2.21. The smallest absolute Gasteiger partial charge is 0.394 e. The lowest BCUT2D eigenvalue weighted by Gasteiger charge is -2.04. The second kappa shape index (κ2) is 3.82. The summed E-state index contributed by atoms with van der Waals surface area (Å²) in [6.45, 7) is 0. The number of aliphatic carboxylic acids is 1. The molecule has 2 aromatic rings. The van der Waals surface area contributed by atoms with Gasteiger partial charge in [-0.15, -0.1) is 0 Å². The van der Waals surface area contributed by atoms with Gasteiger partial charge >= 0.3 is 12.0 Å². The second-order valence-corrected chi connectivity index (χ2v) is 3.12. The number of hydrogen-bond acceptors (Lipinski definition) is 5. The third kappa shape index (κ3) is 1.59. The van der Waals surface area contributed by atoms with Gasteiger partial charge in [-0.3, -0.25) is 0 Å². The van der Waals surface area contributed by atoms with Crippen molar-refractivity contribution in [3.8, 4) is 6.08 Å². The van der Waals surface area contributed by atoms with E-state index >= 15 is 0 Å². The molecule has 1 aromatic carbocycles. The van der Waals surface area contributed by atoms with E-state index in [1.54, 1.807) is 12.1 Å². The number of ether oxygens (including phenoxy) is 1. The van der Waals surface area contributed by atoms with Crippen molar-refractivity contribution in [3.05, 3.63) is 23.8 Å². The van der Waals surface area contributed by atoms with Crippen LogP contribution in [-0.2, 0) is 4.79 Å². The van der Waals surface area contributed by atoms with E-state index in [-0.39, 0.29) is 17.2 Å². The van der Waals surface area contributed by atoms with Gasteiger partial charge in [-0.25, -0.2) is 4.79 Å². The molecule has 2 N–H and O–H groups in total. The molecule has 1 heterocycles. The van der Waals surface area contributed by atoms with Crippen LogP contribution < -0.4 is 4.74 Å². The first kappa shape index (κ1) is 10.4. The van der Waals surface area contributed by atoms with Gasteiger partial charge in [0, 0.05) is 5.56 Å². The first-order chi connectivity index (χ1) is 7.63. The molecule has 0 aliphatic carbocycles. The molecule has 84 valence electrons. The summed E-state index contributed by atoms with van der Waals surface area (Å²) in [5.41, 5.74) is 0.810. The fraction of sp³-hybridized carbons (Fsp3) is 0.200. The Morgan fingerprint density at radius 1 is 1.56 bits per heavy atom. The summed E-state index contributed by atoms with van der Waals surface area (Å²) < 4.78 is 9.95. The zero-order valence-corrected chi connectivity index (χ0v) is 8.38. The lowest BCUT2D eigenvalue weighted by Crippen LogP contribution is -2.10. The first-order valence-electron chi connectivity index (χ1n) is 4.48. The summed E-state index contributed by atoms with van der Waals surface area (Å²) in [4.78, 5) is 14.6. The van der Waals surface area contributed by atoms with Crippen LogP contribution in [0, 0.1) is 0 Å². The molecule has 1 aromatic heterocycles. The molecule has 0 aliphatic rings. The summed E-state index contributed by atoms with van der Waals surface area (Å²) in [5.74, 6) is -1.34. The molecule has 16 heavy (non-hydrogen) atoms. The molecule has 0 amide bonds. The van der Waals surface area contributed by atoms with Crippen molar-refractivity contribution in [3.63, 3.8) is 0 Å². The summed E-state index contributed by atoms with van der Waals surface area (Å²) in [7, 11) is 1.39. The topological polar surface area (TPSA) is 92.8 Å². The summed E-state index contributed by atoms with van der Waals surface area (Å²) in [6, 6.07) is 4.69. The van der Waals surface area contributed by atoms with Gasteiger partial charge in [0.05, 0.1) is 7.11 Å². The van der Waals surface area contributed by atoms with Gasteiger partial charge in [-0.1, -0.05) is 12.1 Å². The fourth-order valence-corrected chi connectivity index (χ4v) is 1.39. The second-order valence-electron chi connectivity index (χ2n) is 3.12. The van der Waals surface area contributed by atoms with Crippen LogP contribution in [-0.4, -0.2) is 28.3 Å². The number of aromatic nitrogens is 1. The molecule has 0 fully saturated rings. The zero-order valence-electron chi connectivity index (χ0n) is 8.38. The number of carboxylic acid groups (broad SMARTS) is 1. The Balaban J connectivity index is 2.60. The third-order valence-corrected chi connectivity index (χ3v) is 2.13. The Morgan fingerprint density at radius 3 is 2.94 bits per heavy atom. The number of rotatable bonds is 3. The molecular weight excluding hydrogens is 214 g/mol. The molecule has 0 saturated carbocycles. The van der Waals surface area contributed by atoms with Gasteiger partial charge in [0.15, 0.2) is 11.7 Å². The van der Waals surface area contributed by atoms with E-state index in [9.17, 15) is 9.90 Å². The lowest BCUT2D eigenvalue weighted by molar-refractivity contribution is -0.146. The van der Waals surface area contributed by atoms with E-state index in [0.29, 0.717) is 5.52 Å². The minimum atomic E-state index is -1.64. The van der Waals surface area contributed by atoms with Crippen LogP contribution in [0.3, 0.4) is 0 Å². The Hall–Kier alpha value is -2.08. The Bertz CT molecular complexity index is 533. The van der Waals surface area contributed by atoms with E-state index in [0.717, 1.165) is 0 Å². The molecule has 6 heteroatoms. The van der Waals surface area contributed by atoms with E-state index < -0.39 is 12.1 Å². The number of nitrogens with zero attached hydrogens (tertiary/aromatic N) is 1. The minimum absolute atomic E-state index is 0.0278. The largest absolute Gasteiger partial charge is 0.479 e. The number of aliphatic hydroxyl groups is 1. The molecule has 1 unspecified atom stereocenters. The average Bonchev–Trinajstić information content (AvgIpc) is 2.70. The molecule has 0 radical (unpaired) electrons. The Morgan fingerprint density at radius 2 is 2.31 bits per heavy atom. The molecule has 2 rings (SSSR count). The number of aliphatic hydroxyl groups excluding tert-OH is 1. The van der Waals surface area contributed by atoms with Crippen LogP contribution in [0.1, 0.15) is 11.7 Å². The van der Waals surface area contributed by atoms with Gasteiger partial charge < -0.3 is 19.4 Å². The third-order valence-electron chi connectivity index (χ3n) is 2.13. The number of methoxy groups -OCH3 is 1. The number of oxazole rings is 1. The van der Waals surface area contributed by atoms with Crippen molar-refractivity contribution in [1.82, 2.24) is 4.98 Å². The maximum Gasteiger partial charge on any atom is 0.394 e. The van der Waals surface area contributed by atoms with Gasteiger partial charge in [-0.2, -0.15) is 4.98 Å². The maximum atomic E-state index is 10.7. The van der Waals surface area contributed by atoms with E-state index in [1.807, 2.05) is 0 Å². The Kier molecular flexibility index (Phi) is 2.49. The van der Waals surface area contributed by atoms with Gasteiger partial charge in [0.1, 0.15) is 5.52 Å². The predicted octanol–water partition coefficient (Wildman–Crippen LogP) is 0.954. The molecule has 0 spiro atoms. The quantitative estimate of drug-likeness (QED) is 0.804. The molecule has 1 atom stereocenters. The zero-order chi connectivity index (χ0) is 11.7. The van der Waals surface area contributed by atoms with E-state index in [1.165, 1.54) is 13.2 Å². The number of fused-ring (bicyclic) bond motifs is 1. The number of hydrogen-bond donors (Lipinski definition) is 2. The fourth-order valence-electron chi connectivity index (χ4n) is 1.39. The average molecular weight is 223 g/mol. The van der Waals surface area contributed by atoms with Crippen molar-refractivity contribution < 1.29 is 24.2 Å². The normalized spacial score (nSPS) is 12.6. The van der Waals surface area contributed by atoms with Crippen molar-refractivity contribution in [2.24, 2.45) is 0 Å². The van der Waals surface area contributed by atoms with Gasteiger partial charge in [0.25, 0.3) is 0 Å². The highest BCUT2D eigenvalue weighted by atomic mass is 16.6. The van der Waals surface area contributed by atoms with Crippen LogP contribution >= 0.6 is 0 Å². The summed E-state index contributed by atoms with van der Waals surface area (Å²) in [5, 5.41) is 18.2. The molecule has 0 bridgehead atoms. The molecular formula is C10H9NO5. The lowest BCUT2D eigenvalue weighted by atomic mass is 10.1. The summed E-state index contributed by atoms with van der Waals surface area (Å²) >= 11 is 0. The highest BCUT2D eigenvalue weighted by Crippen LogP contribution is 2.27. The van der Waals surface area contributed by atoms with Crippen LogP contribution in [0.5, 0.6) is 6.08 Å². The van der Waals surface area contributed by atoms with Crippen LogP contribution in [0.4, 0.5) is 0 Å². The van der Waals surface area contributed by atoms with Gasteiger partial charge in [-0.05, 0) is 6.07 Å². The minimum Gasteiger partial charge on any atom is -0.479 e. The molecule has 0 aliphatic heterocycles. The number of carboxylic acids is 1. The number of carbonyl (C=O) groups is 1. The van der Waals surface area contributed by atoms with Crippen LogP contribution in [0.2, 0.25) is 0 Å². The maximum absolute atomic E-state index is 10.7. The molecule has 6 nitrogen and oxygen atoms in total.